The summed E-state index contributed by atoms with van der Waals surface area (Å²) in [5.74, 6) is -0.0945. The van der Waals surface area contributed by atoms with Crippen molar-refractivity contribution in [3.05, 3.63) is 10.6 Å². The zero-order chi connectivity index (χ0) is 12.3. The number of hydrogen-bond donors (Lipinski definition) is 2. The fourth-order valence-electron chi connectivity index (χ4n) is 1.10. The third-order valence-corrected chi connectivity index (χ3v) is 2.65. The summed E-state index contributed by atoms with van der Waals surface area (Å²) < 4.78 is 8.73. The van der Waals surface area contributed by atoms with Crippen LogP contribution in [-0.2, 0) is 0 Å². The van der Waals surface area contributed by atoms with E-state index in [0.717, 1.165) is 11.5 Å². The minimum absolute atomic E-state index is 0.196. The smallest absolute Gasteiger partial charge is 0.337 e. The second kappa shape index (κ2) is 4.87. The first kappa shape index (κ1) is 11.5. The Hall–Kier alpha value is -2.03. The Morgan fingerprint density at radius 2 is 2.41 bits per heavy atom. The Morgan fingerprint density at radius 1 is 1.59 bits per heavy atom. The van der Waals surface area contributed by atoms with E-state index in [0.29, 0.717) is 17.2 Å². The van der Waals surface area contributed by atoms with Crippen LogP contribution in [0, 0.1) is 6.92 Å². The molecule has 0 atom stereocenters. The molecule has 0 bridgehead atoms. The first-order valence-electron chi connectivity index (χ1n) is 4.86. The zero-order valence-electron chi connectivity index (χ0n) is 9.22. The van der Waals surface area contributed by atoms with Gasteiger partial charge in [0.25, 0.3) is 5.91 Å². The number of H-pyrrole nitrogens is 1. The van der Waals surface area contributed by atoms with E-state index in [1.54, 1.807) is 6.92 Å². The molecule has 0 radical (unpaired) electrons. The molecule has 1 amide bonds. The van der Waals surface area contributed by atoms with E-state index in [4.69, 9.17) is 4.74 Å². The van der Waals surface area contributed by atoms with Crippen LogP contribution in [0.1, 0.15) is 22.3 Å². The fraction of sp³-hybridized carbons (Fsp3) is 0.375. The lowest BCUT2D eigenvalue weighted by Crippen LogP contribution is -2.12. The van der Waals surface area contributed by atoms with Gasteiger partial charge in [-0.1, -0.05) is 4.49 Å². The van der Waals surface area contributed by atoms with Crippen LogP contribution in [0.15, 0.2) is 0 Å². The van der Waals surface area contributed by atoms with Crippen LogP contribution in [0.5, 0.6) is 6.01 Å². The third kappa shape index (κ3) is 2.56. The Labute approximate surface area is 101 Å². The molecule has 0 aliphatic heterocycles. The summed E-state index contributed by atoms with van der Waals surface area (Å²) in [6, 6.07) is 0.196. The van der Waals surface area contributed by atoms with Gasteiger partial charge in [0.15, 0.2) is 0 Å². The van der Waals surface area contributed by atoms with Gasteiger partial charge in [0, 0.05) is 0 Å². The van der Waals surface area contributed by atoms with Crippen molar-refractivity contribution < 1.29 is 9.53 Å². The number of nitrogens with zero attached hydrogens (tertiary/aromatic N) is 4. The molecule has 0 aliphatic rings. The lowest BCUT2D eigenvalue weighted by molar-refractivity contribution is 0.102. The average Bonchev–Trinajstić information content (AvgIpc) is 2.88. The number of rotatable bonds is 4. The van der Waals surface area contributed by atoms with E-state index >= 15 is 0 Å². The van der Waals surface area contributed by atoms with Gasteiger partial charge in [-0.2, -0.15) is 4.98 Å². The number of anilines is 1. The number of carbonyl (C=O) groups is 1. The van der Waals surface area contributed by atoms with E-state index in [1.165, 1.54) is 0 Å². The zero-order valence-corrected chi connectivity index (χ0v) is 10.0. The summed E-state index contributed by atoms with van der Waals surface area (Å²) in [4.78, 5) is 16.1. The predicted molar refractivity (Wildman–Crippen MR) is 60.2 cm³/mol. The minimum Gasteiger partial charge on any atom is -0.463 e. The Morgan fingerprint density at radius 3 is 3.06 bits per heavy atom. The predicted octanol–water partition coefficient (Wildman–Crippen LogP) is 0.616. The van der Waals surface area contributed by atoms with Crippen molar-refractivity contribution in [3.63, 3.8) is 0 Å². The summed E-state index contributed by atoms with van der Waals surface area (Å²) in [5.41, 5.74) is 0.581. The van der Waals surface area contributed by atoms with Crippen LogP contribution in [0.4, 0.5) is 5.95 Å². The van der Waals surface area contributed by atoms with Crippen LogP contribution < -0.4 is 10.1 Å². The van der Waals surface area contributed by atoms with Gasteiger partial charge in [-0.25, -0.2) is 5.10 Å². The van der Waals surface area contributed by atoms with Crippen LogP contribution >= 0.6 is 11.5 Å². The number of hydrogen-bond acceptors (Lipinski definition) is 7. The largest absolute Gasteiger partial charge is 0.463 e. The van der Waals surface area contributed by atoms with Crippen LogP contribution in [0.25, 0.3) is 0 Å². The second-order valence-electron chi connectivity index (χ2n) is 3.04. The average molecular weight is 254 g/mol. The number of aromatic nitrogens is 5. The summed E-state index contributed by atoms with van der Waals surface area (Å²) in [6.07, 6.45) is 0. The molecule has 8 nitrogen and oxygen atoms in total. The van der Waals surface area contributed by atoms with E-state index in [9.17, 15) is 4.79 Å². The maximum atomic E-state index is 11.8. The van der Waals surface area contributed by atoms with Gasteiger partial charge >= 0.3 is 6.01 Å². The van der Waals surface area contributed by atoms with Gasteiger partial charge in [-0.05, 0) is 25.4 Å². The van der Waals surface area contributed by atoms with Crippen molar-refractivity contribution in [2.24, 2.45) is 0 Å². The van der Waals surface area contributed by atoms with Gasteiger partial charge < -0.3 is 4.74 Å². The monoisotopic (exact) mass is 254 g/mol. The molecule has 9 heteroatoms. The molecule has 0 spiro atoms. The molecule has 0 saturated carbocycles. The number of nitrogens with one attached hydrogen (secondary N) is 2. The van der Waals surface area contributed by atoms with Gasteiger partial charge in [0.2, 0.25) is 5.95 Å². The highest BCUT2D eigenvalue weighted by molar-refractivity contribution is 7.08. The molecule has 2 rings (SSSR count). The Balaban J connectivity index is 2.05. The van der Waals surface area contributed by atoms with Crippen molar-refractivity contribution in [1.82, 2.24) is 24.8 Å². The van der Waals surface area contributed by atoms with Crippen LogP contribution in [-0.4, -0.2) is 37.3 Å². The summed E-state index contributed by atoms with van der Waals surface area (Å²) >= 11 is 1.03. The van der Waals surface area contributed by atoms with Crippen LogP contribution in [0.2, 0.25) is 0 Å². The Bertz CT molecular complexity index is 522. The fourth-order valence-corrected chi connectivity index (χ4v) is 1.65. The highest BCUT2D eigenvalue weighted by Gasteiger charge is 2.15. The van der Waals surface area contributed by atoms with Crippen molar-refractivity contribution in [2.75, 3.05) is 11.9 Å². The first-order valence-corrected chi connectivity index (χ1v) is 5.63. The van der Waals surface area contributed by atoms with E-state index in [2.05, 4.69) is 30.1 Å². The van der Waals surface area contributed by atoms with E-state index in [-0.39, 0.29) is 17.9 Å². The number of aryl methyl sites for hydroxylation is 1. The third-order valence-electron chi connectivity index (χ3n) is 1.83. The quantitative estimate of drug-likeness (QED) is 0.828. The summed E-state index contributed by atoms with van der Waals surface area (Å²) in [7, 11) is 0. The lowest BCUT2D eigenvalue weighted by Gasteiger charge is -1.97. The maximum Gasteiger partial charge on any atom is 0.337 e. The molecular formula is C8H10N6O2S. The van der Waals surface area contributed by atoms with Gasteiger partial charge in [0.05, 0.1) is 12.3 Å². The van der Waals surface area contributed by atoms with Crippen molar-refractivity contribution in [2.45, 2.75) is 13.8 Å². The number of aromatic amines is 1. The number of amides is 1. The van der Waals surface area contributed by atoms with Crippen molar-refractivity contribution in [3.8, 4) is 6.01 Å². The van der Waals surface area contributed by atoms with Crippen LogP contribution in [0.3, 0.4) is 0 Å². The highest BCUT2D eigenvalue weighted by atomic mass is 32.1. The van der Waals surface area contributed by atoms with E-state index in [1.807, 2.05) is 6.92 Å². The second-order valence-corrected chi connectivity index (χ2v) is 3.80. The minimum atomic E-state index is -0.323. The molecular weight excluding hydrogens is 244 g/mol. The van der Waals surface area contributed by atoms with Gasteiger partial charge in [-0.15, -0.1) is 10.2 Å². The molecule has 0 unspecified atom stereocenters. The van der Waals surface area contributed by atoms with Crippen molar-refractivity contribution in [1.29, 1.82) is 0 Å². The molecule has 0 aliphatic carbocycles. The lowest BCUT2D eigenvalue weighted by atomic mass is 10.4. The molecule has 90 valence electrons. The summed E-state index contributed by atoms with van der Waals surface area (Å²) in [5, 5.41) is 12.6. The van der Waals surface area contributed by atoms with Gasteiger partial charge in [0.1, 0.15) is 4.88 Å². The van der Waals surface area contributed by atoms with Crippen molar-refractivity contribution >= 4 is 23.4 Å². The standard InChI is InChI=1S/C8H10N6O2S/c1-3-16-8-10-7(12-13-8)9-6(15)5-4(2)11-14-17-5/h3H2,1-2H3,(H2,9,10,12,13,15). The molecule has 0 aromatic carbocycles. The van der Waals surface area contributed by atoms with E-state index < -0.39 is 0 Å². The topological polar surface area (TPSA) is 106 Å². The number of ether oxygens (including phenoxy) is 1. The summed E-state index contributed by atoms with van der Waals surface area (Å²) in [6.45, 7) is 3.99. The first-order chi connectivity index (χ1) is 8.20. The maximum absolute atomic E-state index is 11.8. The molecule has 0 fully saturated rings. The highest BCUT2D eigenvalue weighted by Crippen LogP contribution is 2.12. The molecule has 2 heterocycles. The number of carbonyl (C=O) groups excluding carboxylic acids is 1. The molecule has 0 saturated heterocycles. The molecule has 2 aromatic rings. The molecule has 17 heavy (non-hydrogen) atoms. The molecule has 2 N–H and O–H groups in total. The normalized spacial score (nSPS) is 10.2. The molecule has 2 aromatic heterocycles. The SMILES string of the molecule is CCOc1n[nH]c(NC(=O)c2snnc2C)n1. The van der Waals surface area contributed by atoms with Gasteiger partial charge in [-0.3, -0.25) is 10.1 Å². The Kier molecular flexibility index (Phi) is 3.28.